The first-order chi connectivity index (χ1) is 9.28. The van der Waals surface area contributed by atoms with Gasteiger partial charge >= 0.3 is 0 Å². The van der Waals surface area contributed by atoms with Crippen LogP contribution in [0.25, 0.3) is 10.8 Å². The van der Waals surface area contributed by atoms with Gasteiger partial charge in [0, 0.05) is 24.2 Å². The molecule has 0 amide bonds. The van der Waals surface area contributed by atoms with E-state index in [0.29, 0.717) is 19.8 Å². The number of hydrogen-bond donors (Lipinski definition) is 2. The fourth-order valence-electron chi connectivity index (χ4n) is 2.12. The Morgan fingerprint density at radius 3 is 2.79 bits per heavy atom. The Morgan fingerprint density at radius 2 is 2.05 bits per heavy atom. The number of anilines is 1. The quantitative estimate of drug-likeness (QED) is 0.879. The standard InChI is InChI=1S/C14H17N3O2/c1-9(8-15)17-14-11-7-13-12(18-4-5-19-13)6-10(11)2-3-16-14/h2-3,6-7,9H,4-5,8,15H2,1H3,(H,16,17). The number of benzene rings is 1. The summed E-state index contributed by atoms with van der Waals surface area (Å²) in [6, 6.07) is 6.10. The van der Waals surface area contributed by atoms with Gasteiger partial charge in [-0.1, -0.05) is 0 Å². The number of nitrogens with zero attached hydrogens (tertiary/aromatic N) is 1. The summed E-state index contributed by atoms with van der Waals surface area (Å²) in [4.78, 5) is 4.38. The molecule has 1 aliphatic rings. The number of pyridine rings is 1. The lowest BCUT2D eigenvalue weighted by atomic mass is 10.1. The van der Waals surface area contributed by atoms with E-state index >= 15 is 0 Å². The Kier molecular flexibility index (Phi) is 3.13. The summed E-state index contributed by atoms with van der Waals surface area (Å²) in [5, 5.41) is 5.40. The molecule has 0 spiro atoms. The Balaban J connectivity index is 2.08. The molecule has 0 aliphatic carbocycles. The Morgan fingerprint density at radius 1 is 1.32 bits per heavy atom. The van der Waals surface area contributed by atoms with Crippen LogP contribution in [-0.4, -0.2) is 30.8 Å². The van der Waals surface area contributed by atoms with Crippen molar-refractivity contribution < 1.29 is 9.47 Å². The summed E-state index contributed by atoms with van der Waals surface area (Å²) in [6.07, 6.45) is 1.78. The summed E-state index contributed by atoms with van der Waals surface area (Å²) < 4.78 is 11.2. The number of nitrogens with two attached hydrogens (primary N) is 1. The van der Waals surface area contributed by atoms with Crippen LogP contribution in [0.3, 0.4) is 0 Å². The highest BCUT2D eigenvalue weighted by Gasteiger charge is 2.15. The van der Waals surface area contributed by atoms with Crippen molar-refractivity contribution in [3.05, 3.63) is 24.4 Å². The third-order valence-electron chi connectivity index (χ3n) is 3.16. The molecule has 0 saturated heterocycles. The number of nitrogens with one attached hydrogen (secondary N) is 1. The lowest BCUT2D eigenvalue weighted by Crippen LogP contribution is -2.25. The molecule has 0 bridgehead atoms. The Hall–Kier alpha value is -2.01. The van der Waals surface area contributed by atoms with Crippen molar-refractivity contribution in [1.82, 2.24) is 4.98 Å². The van der Waals surface area contributed by atoms with Gasteiger partial charge in [0.1, 0.15) is 19.0 Å². The molecular weight excluding hydrogens is 242 g/mol. The van der Waals surface area contributed by atoms with Gasteiger partial charge in [0.15, 0.2) is 11.5 Å². The van der Waals surface area contributed by atoms with Crippen LogP contribution in [0.5, 0.6) is 11.5 Å². The third-order valence-corrected chi connectivity index (χ3v) is 3.16. The van der Waals surface area contributed by atoms with Gasteiger partial charge in [0.25, 0.3) is 0 Å². The van der Waals surface area contributed by atoms with E-state index in [1.54, 1.807) is 6.20 Å². The van der Waals surface area contributed by atoms with Gasteiger partial charge in [-0.2, -0.15) is 0 Å². The minimum atomic E-state index is 0.173. The second kappa shape index (κ2) is 4.93. The second-order valence-corrected chi connectivity index (χ2v) is 4.66. The van der Waals surface area contributed by atoms with Crippen molar-refractivity contribution in [2.45, 2.75) is 13.0 Å². The number of ether oxygens (including phenoxy) is 2. The maximum Gasteiger partial charge on any atom is 0.162 e. The zero-order chi connectivity index (χ0) is 13.2. The van der Waals surface area contributed by atoms with Gasteiger partial charge < -0.3 is 20.5 Å². The largest absolute Gasteiger partial charge is 0.486 e. The molecule has 2 aromatic rings. The van der Waals surface area contributed by atoms with Crippen LogP contribution in [0.4, 0.5) is 5.82 Å². The van der Waals surface area contributed by atoms with E-state index in [9.17, 15) is 0 Å². The molecule has 5 nitrogen and oxygen atoms in total. The fraction of sp³-hybridized carbons (Fsp3) is 0.357. The van der Waals surface area contributed by atoms with Crippen LogP contribution in [0.1, 0.15) is 6.92 Å². The van der Waals surface area contributed by atoms with Crippen molar-refractivity contribution in [3.8, 4) is 11.5 Å². The summed E-state index contributed by atoms with van der Waals surface area (Å²) in [5.74, 6) is 2.39. The van der Waals surface area contributed by atoms with E-state index in [-0.39, 0.29) is 6.04 Å². The number of rotatable bonds is 3. The molecule has 5 heteroatoms. The third kappa shape index (κ3) is 2.29. The van der Waals surface area contributed by atoms with Gasteiger partial charge in [0.05, 0.1) is 0 Å². The van der Waals surface area contributed by atoms with Crippen molar-refractivity contribution in [2.75, 3.05) is 25.1 Å². The van der Waals surface area contributed by atoms with Crippen LogP contribution in [-0.2, 0) is 0 Å². The SMILES string of the molecule is CC(CN)Nc1nccc2cc3c(cc12)OCCO3. The lowest BCUT2D eigenvalue weighted by Gasteiger charge is -2.20. The Labute approximate surface area is 111 Å². The minimum Gasteiger partial charge on any atom is -0.486 e. The van der Waals surface area contributed by atoms with Crippen LogP contribution >= 0.6 is 0 Å². The molecule has 1 aliphatic heterocycles. The maximum absolute atomic E-state index is 5.64. The highest BCUT2D eigenvalue weighted by atomic mass is 16.6. The lowest BCUT2D eigenvalue weighted by molar-refractivity contribution is 0.172. The molecule has 3 rings (SSSR count). The number of fused-ring (bicyclic) bond motifs is 2. The average molecular weight is 259 g/mol. The molecule has 1 aromatic heterocycles. The maximum atomic E-state index is 5.64. The van der Waals surface area contributed by atoms with Gasteiger partial charge in [-0.3, -0.25) is 0 Å². The second-order valence-electron chi connectivity index (χ2n) is 4.66. The zero-order valence-electron chi connectivity index (χ0n) is 10.8. The van der Waals surface area contributed by atoms with Crippen LogP contribution in [0, 0.1) is 0 Å². The van der Waals surface area contributed by atoms with E-state index in [2.05, 4.69) is 10.3 Å². The first-order valence-corrected chi connectivity index (χ1v) is 6.43. The predicted octanol–water partition coefficient (Wildman–Crippen LogP) is 1.77. The van der Waals surface area contributed by atoms with Crippen LogP contribution in [0.15, 0.2) is 24.4 Å². The summed E-state index contributed by atoms with van der Waals surface area (Å²) in [6.45, 7) is 3.76. The molecule has 1 atom stereocenters. The monoisotopic (exact) mass is 259 g/mol. The topological polar surface area (TPSA) is 69.4 Å². The van der Waals surface area contributed by atoms with Crippen LogP contribution < -0.4 is 20.5 Å². The Bertz CT molecular complexity index is 601. The van der Waals surface area contributed by atoms with Crippen LogP contribution in [0.2, 0.25) is 0 Å². The van der Waals surface area contributed by atoms with E-state index in [1.807, 2.05) is 25.1 Å². The summed E-state index contributed by atoms with van der Waals surface area (Å²) >= 11 is 0. The van der Waals surface area contributed by atoms with E-state index < -0.39 is 0 Å². The summed E-state index contributed by atoms with van der Waals surface area (Å²) in [5.41, 5.74) is 5.64. The van der Waals surface area contributed by atoms with Crippen molar-refractivity contribution >= 4 is 16.6 Å². The average Bonchev–Trinajstić information content (AvgIpc) is 2.45. The van der Waals surface area contributed by atoms with Gasteiger partial charge in [-0.25, -0.2) is 4.98 Å². The zero-order valence-corrected chi connectivity index (χ0v) is 10.8. The first kappa shape index (κ1) is 12.0. The van der Waals surface area contributed by atoms with Crippen molar-refractivity contribution in [1.29, 1.82) is 0 Å². The van der Waals surface area contributed by atoms with Gasteiger partial charge in [-0.05, 0) is 30.5 Å². The van der Waals surface area contributed by atoms with Crippen molar-refractivity contribution in [3.63, 3.8) is 0 Å². The molecule has 1 aromatic carbocycles. The molecule has 0 radical (unpaired) electrons. The molecular formula is C14H17N3O2. The summed E-state index contributed by atoms with van der Waals surface area (Å²) in [7, 11) is 0. The molecule has 2 heterocycles. The molecule has 3 N–H and O–H groups in total. The molecule has 1 unspecified atom stereocenters. The van der Waals surface area contributed by atoms with Gasteiger partial charge in [-0.15, -0.1) is 0 Å². The number of aromatic nitrogens is 1. The van der Waals surface area contributed by atoms with Crippen molar-refractivity contribution in [2.24, 2.45) is 5.73 Å². The predicted molar refractivity (Wildman–Crippen MR) is 74.9 cm³/mol. The van der Waals surface area contributed by atoms with E-state index in [0.717, 1.165) is 28.1 Å². The molecule has 0 fully saturated rings. The molecule has 0 saturated carbocycles. The molecule has 19 heavy (non-hydrogen) atoms. The first-order valence-electron chi connectivity index (χ1n) is 6.43. The highest BCUT2D eigenvalue weighted by molar-refractivity contribution is 5.94. The smallest absolute Gasteiger partial charge is 0.162 e. The van der Waals surface area contributed by atoms with E-state index in [1.165, 1.54) is 0 Å². The fourth-order valence-corrected chi connectivity index (χ4v) is 2.12. The molecule has 100 valence electrons. The minimum absolute atomic E-state index is 0.173. The van der Waals surface area contributed by atoms with E-state index in [4.69, 9.17) is 15.2 Å². The highest BCUT2D eigenvalue weighted by Crippen LogP contribution is 2.36. The number of hydrogen-bond acceptors (Lipinski definition) is 5. The van der Waals surface area contributed by atoms with Gasteiger partial charge in [0.2, 0.25) is 0 Å². The normalized spacial score (nSPS) is 15.3.